The number of amidine groups is 1. The first-order valence-electron chi connectivity index (χ1n) is 5.50. The summed E-state index contributed by atoms with van der Waals surface area (Å²) in [6, 6.07) is 4.19. The number of oxime groups is 1. The smallest absolute Gasteiger partial charge is 0.225 e. The normalized spacial score (nSPS) is 12.3. The minimum atomic E-state index is -1.04. The van der Waals surface area contributed by atoms with Gasteiger partial charge in [-0.3, -0.25) is 4.79 Å². The van der Waals surface area contributed by atoms with Crippen LogP contribution in [0.15, 0.2) is 23.4 Å². The molecular weight excluding hydrogens is 273 g/mol. The molecule has 0 aromatic heterocycles. The van der Waals surface area contributed by atoms with Crippen LogP contribution in [0.2, 0.25) is 5.02 Å². The van der Waals surface area contributed by atoms with Gasteiger partial charge in [0, 0.05) is 10.6 Å². The highest BCUT2D eigenvalue weighted by molar-refractivity contribution is 6.31. The maximum Gasteiger partial charge on any atom is 0.225 e. The van der Waals surface area contributed by atoms with Crippen molar-refractivity contribution in [1.29, 1.82) is 0 Å². The Morgan fingerprint density at radius 3 is 2.74 bits per heavy atom. The molecule has 0 aliphatic carbocycles. The molecular formula is C12H15ClFN3O2. The summed E-state index contributed by atoms with van der Waals surface area (Å²) in [4.78, 5) is 11.8. The van der Waals surface area contributed by atoms with Crippen molar-refractivity contribution in [2.24, 2.45) is 10.9 Å². The van der Waals surface area contributed by atoms with Gasteiger partial charge in [0.15, 0.2) is 5.84 Å². The van der Waals surface area contributed by atoms with Crippen LogP contribution < -0.4 is 11.1 Å². The van der Waals surface area contributed by atoms with Crippen LogP contribution in [0.5, 0.6) is 0 Å². The van der Waals surface area contributed by atoms with Crippen LogP contribution in [0.4, 0.5) is 4.39 Å². The molecule has 0 unspecified atom stereocenters. The van der Waals surface area contributed by atoms with Gasteiger partial charge in [0.1, 0.15) is 5.82 Å². The fourth-order valence-corrected chi connectivity index (χ4v) is 1.67. The first kappa shape index (κ1) is 15.2. The molecule has 0 aliphatic rings. The summed E-state index contributed by atoms with van der Waals surface area (Å²) < 4.78 is 13.5. The second kappa shape index (κ2) is 5.88. The number of nitrogens with one attached hydrogen (secondary N) is 1. The first-order valence-corrected chi connectivity index (χ1v) is 5.87. The van der Waals surface area contributed by atoms with Gasteiger partial charge < -0.3 is 16.3 Å². The van der Waals surface area contributed by atoms with Crippen molar-refractivity contribution in [2.75, 3.05) is 0 Å². The Morgan fingerprint density at radius 2 is 2.21 bits per heavy atom. The van der Waals surface area contributed by atoms with Gasteiger partial charge in [-0.25, -0.2) is 4.39 Å². The monoisotopic (exact) mass is 287 g/mol. The number of rotatable bonds is 4. The van der Waals surface area contributed by atoms with E-state index in [0.29, 0.717) is 0 Å². The van der Waals surface area contributed by atoms with Crippen LogP contribution in [-0.4, -0.2) is 22.5 Å². The zero-order chi connectivity index (χ0) is 14.6. The maximum atomic E-state index is 13.5. The number of hydrogen-bond donors (Lipinski definition) is 3. The lowest BCUT2D eigenvalue weighted by atomic mass is 10.0. The topological polar surface area (TPSA) is 87.7 Å². The minimum absolute atomic E-state index is 0.108. The second-order valence-electron chi connectivity index (χ2n) is 4.54. The predicted octanol–water partition coefficient (Wildman–Crippen LogP) is 1.66. The first-order chi connectivity index (χ1) is 8.77. The zero-order valence-electron chi connectivity index (χ0n) is 10.6. The van der Waals surface area contributed by atoms with Crippen molar-refractivity contribution in [1.82, 2.24) is 5.32 Å². The van der Waals surface area contributed by atoms with E-state index >= 15 is 0 Å². The lowest BCUT2D eigenvalue weighted by molar-refractivity contribution is -0.121. The molecule has 0 heterocycles. The summed E-state index contributed by atoms with van der Waals surface area (Å²) in [5.74, 6) is -1.19. The number of nitrogens with zero attached hydrogens (tertiary/aromatic N) is 1. The highest BCUT2D eigenvalue weighted by Gasteiger charge is 2.26. The van der Waals surface area contributed by atoms with Crippen molar-refractivity contribution in [3.8, 4) is 0 Å². The SMILES string of the molecule is CC(C)(NC(=O)Cc1c(F)cccc1Cl)/C(N)=N/O. The molecule has 0 saturated heterocycles. The summed E-state index contributed by atoms with van der Waals surface area (Å²) in [6.45, 7) is 3.12. The van der Waals surface area contributed by atoms with Gasteiger partial charge in [-0.05, 0) is 26.0 Å². The standard InChI is InChI=1S/C12H15ClFN3O2/c1-12(2,11(15)17-19)16-10(18)6-7-8(13)4-3-5-9(7)14/h3-5,19H,6H2,1-2H3,(H2,15,17)(H,16,18). The highest BCUT2D eigenvalue weighted by Crippen LogP contribution is 2.19. The quantitative estimate of drug-likeness (QED) is 0.341. The van der Waals surface area contributed by atoms with E-state index in [4.69, 9.17) is 22.5 Å². The number of nitrogens with two attached hydrogens (primary N) is 1. The van der Waals surface area contributed by atoms with Crippen LogP contribution in [0.25, 0.3) is 0 Å². The Labute approximate surface area is 115 Å². The number of carbonyl (C=O) groups is 1. The molecule has 1 aromatic rings. The Balaban J connectivity index is 2.82. The lowest BCUT2D eigenvalue weighted by Crippen LogP contribution is -2.53. The van der Waals surface area contributed by atoms with Gasteiger partial charge >= 0.3 is 0 Å². The fraction of sp³-hybridized carbons (Fsp3) is 0.333. The molecule has 1 rings (SSSR count). The Hall–Kier alpha value is -1.82. The average molecular weight is 288 g/mol. The van der Waals surface area contributed by atoms with E-state index in [1.807, 2.05) is 0 Å². The van der Waals surface area contributed by atoms with Crippen molar-refractivity contribution in [2.45, 2.75) is 25.8 Å². The molecule has 5 nitrogen and oxygen atoms in total. The average Bonchev–Trinajstić information content (AvgIpc) is 2.32. The Kier molecular flexibility index (Phi) is 4.72. The molecule has 7 heteroatoms. The molecule has 19 heavy (non-hydrogen) atoms. The lowest BCUT2D eigenvalue weighted by Gasteiger charge is -2.24. The summed E-state index contributed by atoms with van der Waals surface area (Å²) >= 11 is 5.83. The maximum absolute atomic E-state index is 13.5. The van der Waals surface area contributed by atoms with Gasteiger partial charge in [-0.15, -0.1) is 0 Å². The molecule has 0 atom stereocenters. The molecule has 1 amide bonds. The minimum Gasteiger partial charge on any atom is -0.409 e. The van der Waals surface area contributed by atoms with E-state index in [1.54, 1.807) is 13.8 Å². The predicted molar refractivity (Wildman–Crippen MR) is 70.7 cm³/mol. The zero-order valence-corrected chi connectivity index (χ0v) is 11.3. The van der Waals surface area contributed by atoms with Gasteiger partial charge in [-0.1, -0.05) is 22.8 Å². The van der Waals surface area contributed by atoms with E-state index in [1.165, 1.54) is 18.2 Å². The third kappa shape index (κ3) is 3.82. The van der Waals surface area contributed by atoms with E-state index in [9.17, 15) is 9.18 Å². The molecule has 0 aliphatic heterocycles. The van der Waals surface area contributed by atoms with E-state index in [2.05, 4.69) is 10.5 Å². The molecule has 0 radical (unpaired) electrons. The van der Waals surface area contributed by atoms with Crippen molar-refractivity contribution in [3.05, 3.63) is 34.6 Å². The van der Waals surface area contributed by atoms with Gasteiger partial charge in [0.05, 0.1) is 12.0 Å². The van der Waals surface area contributed by atoms with Crippen LogP contribution in [0.1, 0.15) is 19.4 Å². The molecule has 0 saturated carbocycles. The Bertz CT molecular complexity index is 497. The summed E-state index contributed by atoms with van der Waals surface area (Å²) in [6.07, 6.45) is -0.229. The molecule has 4 N–H and O–H groups in total. The molecule has 0 fully saturated rings. The largest absolute Gasteiger partial charge is 0.409 e. The van der Waals surface area contributed by atoms with E-state index in [0.717, 1.165) is 0 Å². The highest BCUT2D eigenvalue weighted by atomic mass is 35.5. The summed E-state index contributed by atoms with van der Waals surface area (Å²) in [7, 11) is 0. The molecule has 0 bridgehead atoms. The second-order valence-corrected chi connectivity index (χ2v) is 4.94. The van der Waals surface area contributed by atoms with Gasteiger partial charge in [-0.2, -0.15) is 0 Å². The fourth-order valence-electron chi connectivity index (χ4n) is 1.44. The van der Waals surface area contributed by atoms with E-state index < -0.39 is 17.3 Å². The van der Waals surface area contributed by atoms with Gasteiger partial charge in [0.2, 0.25) is 5.91 Å². The third-order valence-electron chi connectivity index (χ3n) is 2.60. The van der Waals surface area contributed by atoms with Crippen LogP contribution in [0, 0.1) is 5.82 Å². The van der Waals surface area contributed by atoms with Crippen LogP contribution in [0.3, 0.4) is 0 Å². The van der Waals surface area contributed by atoms with Crippen molar-refractivity contribution < 1.29 is 14.4 Å². The number of amides is 1. The number of hydrogen-bond acceptors (Lipinski definition) is 3. The number of halogens is 2. The van der Waals surface area contributed by atoms with E-state index in [-0.39, 0.29) is 22.8 Å². The summed E-state index contributed by atoms with van der Waals surface area (Å²) in [5, 5.41) is 14.1. The summed E-state index contributed by atoms with van der Waals surface area (Å²) in [5.41, 5.74) is 4.51. The van der Waals surface area contributed by atoms with Crippen LogP contribution >= 0.6 is 11.6 Å². The molecule has 1 aromatic carbocycles. The Morgan fingerprint density at radius 1 is 1.58 bits per heavy atom. The van der Waals surface area contributed by atoms with Crippen molar-refractivity contribution >= 4 is 23.3 Å². The van der Waals surface area contributed by atoms with Crippen molar-refractivity contribution in [3.63, 3.8) is 0 Å². The molecule has 104 valence electrons. The molecule has 0 spiro atoms. The van der Waals surface area contributed by atoms with Gasteiger partial charge in [0.25, 0.3) is 0 Å². The number of carbonyl (C=O) groups excluding carboxylic acids is 1. The number of benzene rings is 1. The van der Waals surface area contributed by atoms with Crippen LogP contribution in [-0.2, 0) is 11.2 Å². The third-order valence-corrected chi connectivity index (χ3v) is 2.95.